The third-order valence-corrected chi connectivity index (χ3v) is 3.81. The van der Waals surface area contributed by atoms with E-state index in [1.165, 1.54) is 5.56 Å². The summed E-state index contributed by atoms with van der Waals surface area (Å²) in [5, 5.41) is 0. The molecule has 1 heterocycles. The van der Waals surface area contributed by atoms with Crippen molar-refractivity contribution >= 4 is 11.6 Å². The molecule has 1 fully saturated rings. The van der Waals surface area contributed by atoms with Crippen molar-refractivity contribution in [1.82, 2.24) is 4.90 Å². The molecule has 1 aliphatic rings. The van der Waals surface area contributed by atoms with Crippen LogP contribution < -0.4 is 5.73 Å². The van der Waals surface area contributed by atoms with E-state index in [0.717, 1.165) is 11.3 Å². The zero-order valence-corrected chi connectivity index (χ0v) is 11.6. The van der Waals surface area contributed by atoms with Crippen LogP contribution in [0.5, 0.6) is 0 Å². The van der Waals surface area contributed by atoms with Gasteiger partial charge in [-0.2, -0.15) is 0 Å². The van der Waals surface area contributed by atoms with Crippen LogP contribution in [-0.4, -0.2) is 22.9 Å². The number of anilines is 1. The Balaban J connectivity index is 2.32. The lowest BCUT2D eigenvalue weighted by molar-refractivity contribution is -0.130. The molecule has 1 aromatic carbocycles. The van der Waals surface area contributed by atoms with E-state index in [1.807, 2.05) is 24.0 Å². The van der Waals surface area contributed by atoms with Crippen LogP contribution in [0.1, 0.15) is 44.2 Å². The van der Waals surface area contributed by atoms with Gasteiger partial charge >= 0.3 is 0 Å². The molecule has 1 saturated heterocycles. The van der Waals surface area contributed by atoms with Crippen molar-refractivity contribution in [3.8, 4) is 0 Å². The maximum absolute atomic E-state index is 12.1. The van der Waals surface area contributed by atoms with Crippen LogP contribution in [0.3, 0.4) is 0 Å². The molecule has 1 aliphatic heterocycles. The van der Waals surface area contributed by atoms with Gasteiger partial charge in [0.25, 0.3) is 0 Å². The number of likely N-dealkylation sites (tertiary alicyclic amines) is 1. The molecule has 3 heteroatoms. The zero-order valence-electron chi connectivity index (χ0n) is 11.6. The Morgan fingerprint density at radius 3 is 2.50 bits per heavy atom. The number of benzene rings is 1. The third-order valence-electron chi connectivity index (χ3n) is 3.81. The molecule has 0 radical (unpaired) electrons. The van der Waals surface area contributed by atoms with Gasteiger partial charge in [-0.05, 0) is 51.0 Å². The number of nitrogens with two attached hydrogens (primary N) is 1. The smallest absolute Gasteiger partial charge is 0.223 e. The minimum absolute atomic E-state index is 0.249. The van der Waals surface area contributed by atoms with Gasteiger partial charge in [-0.3, -0.25) is 4.79 Å². The predicted molar refractivity (Wildman–Crippen MR) is 74.4 cm³/mol. The van der Waals surface area contributed by atoms with Crippen LogP contribution in [-0.2, 0) is 4.79 Å². The first kappa shape index (κ1) is 12.9. The summed E-state index contributed by atoms with van der Waals surface area (Å²) in [6, 6.07) is 6.63. The molecule has 0 spiro atoms. The predicted octanol–water partition coefficient (Wildman–Crippen LogP) is 2.69. The van der Waals surface area contributed by atoms with E-state index in [-0.39, 0.29) is 23.9 Å². The summed E-state index contributed by atoms with van der Waals surface area (Å²) in [5.74, 6) is 0.518. The minimum Gasteiger partial charge on any atom is -0.399 e. The number of amides is 1. The quantitative estimate of drug-likeness (QED) is 0.815. The molecule has 0 saturated carbocycles. The summed E-state index contributed by atoms with van der Waals surface area (Å²) in [5.41, 5.74) is 9.04. The highest BCUT2D eigenvalue weighted by Gasteiger charge is 2.38. The second-order valence-electron chi connectivity index (χ2n) is 5.62. The van der Waals surface area contributed by atoms with E-state index < -0.39 is 0 Å². The average Bonchev–Trinajstić information content (AvgIpc) is 2.52. The fraction of sp³-hybridized carbons (Fsp3) is 0.533. The number of carbonyl (C=O) groups is 1. The Morgan fingerprint density at radius 1 is 1.33 bits per heavy atom. The number of rotatable bonds is 2. The summed E-state index contributed by atoms with van der Waals surface area (Å²) >= 11 is 0. The molecule has 0 aromatic heterocycles. The lowest BCUT2D eigenvalue weighted by Gasteiger charge is -2.28. The van der Waals surface area contributed by atoms with Crippen molar-refractivity contribution < 1.29 is 4.79 Å². The van der Waals surface area contributed by atoms with Crippen LogP contribution in [0.25, 0.3) is 0 Å². The van der Waals surface area contributed by atoms with Gasteiger partial charge in [0, 0.05) is 30.1 Å². The van der Waals surface area contributed by atoms with Crippen molar-refractivity contribution in [2.75, 3.05) is 5.73 Å². The standard InChI is InChI=1S/C15H22N2O/c1-9(2)17-11(4)14(8-15(17)18)12-5-10(3)6-13(16)7-12/h5-7,9,11,14H,8,16H2,1-4H3. The minimum atomic E-state index is 0.249. The number of nitrogens with zero attached hydrogens (tertiary/aromatic N) is 1. The van der Waals surface area contributed by atoms with Crippen LogP contribution in [0.15, 0.2) is 18.2 Å². The average molecular weight is 246 g/mol. The van der Waals surface area contributed by atoms with E-state index in [2.05, 4.69) is 26.8 Å². The molecular weight excluding hydrogens is 224 g/mol. The summed E-state index contributed by atoms with van der Waals surface area (Å²) in [6.07, 6.45) is 0.599. The molecule has 98 valence electrons. The van der Waals surface area contributed by atoms with Gasteiger partial charge < -0.3 is 10.6 Å². The number of hydrogen-bond donors (Lipinski definition) is 1. The van der Waals surface area contributed by atoms with Crippen molar-refractivity contribution in [3.05, 3.63) is 29.3 Å². The first-order chi connectivity index (χ1) is 8.40. The normalized spacial score (nSPS) is 24.1. The number of hydrogen-bond acceptors (Lipinski definition) is 2. The molecule has 2 atom stereocenters. The second-order valence-corrected chi connectivity index (χ2v) is 5.62. The Morgan fingerprint density at radius 2 is 2.00 bits per heavy atom. The Hall–Kier alpha value is -1.51. The molecular formula is C15H22N2O. The van der Waals surface area contributed by atoms with E-state index in [4.69, 9.17) is 5.73 Å². The highest BCUT2D eigenvalue weighted by Crippen LogP contribution is 2.36. The first-order valence-corrected chi connectivity index (χ1v) is 6.58. The Kier molecular flexibility index (Phi) is 3.33. The molecule has 2 N–H and O–H groups in total. The van der Waals surface area contributed by atoms with Crippen LogP contribution in [0.2, 0.25) is 0 Å². The van der Waals surface area contributed by atoms with E-state index in [0.29, 0.717) is 6.42 Å². The summed E-state index contributed by atoms with van der Waals surface area (Å²) in [4.78, 5) is 14.1. The molecule has 3 nitrogen and oxygen atoms in total. The summed E-state index contributed by atoms with van der Waals surface area (Å²) < 4.78 is 0. The van der Waals surface area contributed by atoms with Crippen LogP contribution in [0, 0.1) is 6.92 Å². The first-order valence-electron chi connectivity index (χ1n) is 6.58. The summed E-state index contributed by atoms with van der Waals surface area (Å²) in [6.45, 7) is 8.32. The van der Waals surface area contributed by atoms with Gasteiger partial charge in [0.2, 0.25) is 5.91 Å². The maximum Gasteiger partial charge on any atom is 0.223 e. The van der Waals surface area contributed by atoms with E-state index >= 15 is 0 Å². The second kappa shape index (κ2) is 4.63. The van der Waals surface area contributed by atoms with Gasteiger partial charge in [0.15, 0.2) is 0 Å². The highest BCUT2D eigenvalue weighted by atomic mass is 16.2. The zero-order chi connectivity index (χ0) is 13.4. The van der Waals surface area contributed by atoms with Gasteiger partial charge in [0.1, 0.15) is 0 Å². The molecule has 2 unspecified atom stereocenters. The van der Waals surface area contributed by atoms with E-state index in [9.17, 15) is 4.79 Å². The monoisotopic (exact) mass is 246 g/mol. The van der Waals surface area contributed by atoms with Gasteiger partial charge in [0.05, 0.1) is 0 Å². The topological polar surface area (TPSA) is 46.3 Å². The molecule has 2 rings (SSSR count). The number of aryl methyl sites for hydroxylation is 1. The van der Waals surface area contributed by atoms with Crippen molar-refractivity contribution in [2.45, 2.75) is 52.1 Å². The van der Waals surface area contributed by atoms with E-state index in [1.54, 1.807) is 0 Å². The molecule has 1 amide bonds. The van der Waals surface area contributed by atoms with Gasteiger partial charge in [-0.15, -0.1) is 0 Å². The van der Waals surface area contributed by atoms with Crippen molar-refractivity contribution in [2.24, 2.45) is 0 Å². The Bertz CT molecular complexity index is 447. The third kappa shape index (κ3) is 2.22. The Labute approximate surface area is 109 Å². The highest BCUT2D eigenvalue weighted by molar-refractivity contribution is 5.81. The molecule has 0 bridgehead atoms. The van der Waals surface area contributed by atoms with Crippen molar-refractivity contribution in [1.29, 1.82) is 0 Å². The fourth-order valence-electron chi connectivity index (χ4n) is 3.10. The number of nitrogen functional groups attached to an aromatic ring is 1. The molecule has 0 aliphatic carbocycles. The van der Waals surface area contributed by atoms with Crippen molar-refractivity contribution in [3.63, 3.8) is 0 Å². The van der Waals surface area contributed by atoms with Crippen LogP contribution in [0.4, 0.5) is 5.69 Å². The molecule has 18 heavy (non-hydrogen) atoms. The van der Waals surface area contributed by atoms with Gasteiger partial charge in [-0.25, -0.2) is 0 Å². The van der Waals surface area contributed by atoms with Crippen LogP contribution >= 0.6 is 0 Å². The lowest BCUT2D eigenvalue weighted by atomic mass is 9.91. The lowest BCUT2D eigenvalue weighted by Crippen LogP contribution is -2.38. The maximum atomic E-state index is 12.1. The summed E-state index contributed by atoms with van der Waals surface area (Å²) in [7, 11) is 0. The molecule has 1 aromatic rings. The fourth-order valence-corrected chi connectivity index (χ4v) is 3.10. The largest absolute Gasteiger partial charge is 0.399 e. The van der Waals surface area contributed by atoms with Gasteiger partial charge in [-0.1, -0.05) is 6.07 Å². The number of carbonyl (C=O) groups excluding carboxylic acids is 1. The SMILES string of the molecule is Cc1cc(N)cc(C2CC(=O)N(C(C)C)C2C)c1.